The Hall–Kier alpha value is -2.50. The Morgan fingerprint density at radius 3 is 2.31 bits per heavy atom. The molecular weight excluding hydrogens is 406 g/mol. The van der Waals surface area contributed by atoms with Crippen molar-refractivity contribution >= 4 is 40.8 Å². The SMILES string of the molecule is C=CCN1C(=O)C(Sc2ccc(Cl)cc2)=C(c2ccc(OCC(C)C)cc2)C1=O. The average Bonchev–Trinajstić information content (AvgIpc) is 2.93. The summed E-state index contributed by atoms with van der Waals surface area (Å²) in [7, 11) is 0. The fourth-order valence-corrected chi connectivity index (χ4v) is 3.94. The van der Waals surface area contributed by atoms with Gasteiger partial charge in [0, 0.05) is 16.5 Å². The van der Waals surface area contributed by atoms with Crippen LogP contribution in [0.1, 0.15) is 19.4 Å². The fourth-order valence-electron chi connectivity index (χ4n) is 2.80. The number of amides is 2. The highest BCUT2D eigenvalue weighted by Gasteiger charge is 2.38. The third-order valence-electron chi connectivity index (χ3n) is 4.20. The molecule has 29 heavy (non-hydrogen) atoms. The summed E-state index contributed by atoms with van der Waals surface area (Å²) in [5.41, 5.74) is 1.08. The second-order valence-corrected chi connectivity index (χ2v) is 8.52. The molecular formula is C23H22ClNO3S. The predicted octanol–water partition coefficient (Wildman–Crippen LogP) is 5.43. The van der Waals surface area contributed by atoms with Crippen molar-refractivity contribution in [3.8, 4) is 5.75 Å². The zero-order chi connectivity index (χ0) is 21.0. The highest BCUT2D eigenvalue weighted by Crippen LogP contribution is 2.40. The summed E-state index contributed by atoms with van der Waals surface area (Å²) in [6.07, 6.45) is 1.55. The molecule has 0 bridgehead atoms. The summed E-state index contributed by atoms with van der Waals surface area (Å²) in [6.45, 7) is 8.60. The Labute approximate surface area is 180 Å². The van der Waals surface area contributed by atoms with Gasteiger partial charge in [-0.2, -0.15) is 0 Å². The molecule has 0 aliphatic carbocycles. The Morgan fingerprint density at radius 2 is 1.72 bits per heavy atom. The van der Waals surface area contributed by atoms with Gasteiger partial charge in [-0.05, 0) is 47.9 Å². The number of rotatable bonds is 8. The highest BCUT2D eigenvalue weighted by atomic mass is 35.5. The summed E-state index contributed by atoms with van der Waals surface area (Å²) in [6, 6.07) is 14.4. The van der Waals surface area contributed by atoms with Crippen molar-refractivity contribution < 1.29 is 14.3 Å². The van der Waals surface area contributed by atoms with E-state index in [2.05, 4.69) is 20.4 Å². The molecule has 1 heterocycles. The van der Waals surface area contributed by atoms with Crippen LogP contribution < -0.4 is 4.74 Å². The number of hydrogen-bond donors (Lipinski definition) is 0. The Morgan fingerprint density at radius 1 is 1.07 bits per heavy atom. The molecule has 0 saturated carbocycles. The molecule has 1 aliphatic heterocycles. The summed E-state index contributed by atoms with van der Waals surface area (Å²) in [5.74, 6) is 0.517. The van der Waals surface area contributed by atoms with Crippen LogP contribution >= 0.6 is 23.4 Å². The minimum atomic E-state index is -0.317. The van der Waals surface area contributed by atoms with Gasteiger partial charge in [0.1, 0.15) is 5.75 Å². The number of imide groups is 1. The van der Waals surface area contributed by atoms with Crippen molar-refractivity contribution in [2.75, 3.05) is 13.2 Å². The molecule has 0 radical (unpaired) electrons. The summed E-state index contributed by atoms with van der Waals surface area (Å²) < 4.78 is 5.72. The van der Waals surface area contributed by atoms with Crippen molar-refractivity contribution in [3.63, 3.8) is 0 Å². The molecule has 2 aromatic carbocycles. The van der Waals surface area contributed by atoms with Crippen LogP contribution in [0, 0.1) is 5.92 Å². The molecule has 0 atom stereocenters. The van der Waals surface area contributed by atoms with Gasteiger partial charge in [0.25, 0.3) is 11.8 Å². The van der Waals surface area contributed by atoms with Crippen LogP contribution in [-0.2, 0) is 9.59 Å². The van der Waals surface area contributed by atoms with Crippen molar-refractivity contribution in [1.82, 2.24) is 4.90 Å². The second kappa shape index (κ2) is 9.33. The first-order valence-corrected chi connectivity index (χ1v) is 10.5. The smallest absolute Gasteiger partial charge is 0.268 e. The standard InChI is InChI=1S/C23H22ClNO3S/c1-4-13-25-22(26)20(16-5-9-18(10-6-16)28-14-15(2)3)21(23(25)27)29-19-11-7-17(24)8-12-19/h4-12,15H,1,13-14H2,2-3H3. The van der Waals surface area contributed by atoms with Gasteiger partial charge in [0.15, 0.2) is 0 Å². The third kappa shape index (κ3) is 4.92. The number of carbonyl (C=O) groups excluding carboxylic acids is 2. The lowest BCUT2D eigenvalue weighted by Crippen LogP contribution is -2.31. The first-order chi connectivity index (χ1) is 13.9. The molecule has 0 unspecified atom stereocenters. The van der Waals surface area contributed by atoms with E-state index in [1.54, 1.807) is 18.2 Å². The normalized spacial score (nSPS) is 14.1. The van der Waals surface area contributed by atoms with E-state index in [0.717, 1.165) is 10.6 Å². The lowest BCUT2D eigenvalue weighted by molar-refractivity contribution is -0.135. The Bertz CT molecular complexity index is 949. The first-order valence-electron chi connectivity index (χ1n) is 9.28. The summed E-state index contributed by atoms with van der Waals surface area (Å²) >= 11 is 7.22. The predicted molar refractivity (Wildman–Crippen MR) is 118 cm³/mol. The number of thioether (sulfide) groups is 1. The van der Waals surface area contributed by atoms with E-state index in [1.165, 1.54) is 16.7 Å². The van der Waals surface area contributed by atoms with E-state index < -0.39 is 0 Å². The van der Waals surface area contributed by atoms with Crippen LogP contribution in [0.3, 0.4) is 0 Å². The van der Waals surface area contributed by atoms with E-state index in [-0.39, 0.29) is 18.4 Å². The summed E-state index contributed by atoms with van der Waals surface area (Å²) in [4.78, 5) is 28.4. The van der Waals surface area contributed by atoms with Crippen molar-refractivity contribution in [2.45, 2.75) is 18.7 Å². The molecule has 1 aliphatic rings. The molecule has 0 spiro atoms. The van der Waals surface area contributed by atoms with E-state index in [4.69, 9.17) is 16.3 Å². The largest absolute Gasteiger partial charge is 0.493 e. The van der Waals surface area contributed by atoms with Crippen LogP contribution in [0.4, 0.5) is 0 Å². The number of hydrogen-bond acceptors (Lipinski definition) is 4. The zero-order valence-electron chi connectivity index (χ0n) is 16.4. The topological polar surface area (TPSA) is 46.6 Å². The molecule has 0 N–H and O–H groups in total. The van der Waals surface area contributed by atoms with Gasteiger partial charge < -0.3 is 4.74 Å². The van der Waals surface area contributed by atoms with Crippen molar-refractivity contribution in [2.24, 2.45) is 5.92 Å². The number of carbonyl (C=O) groups is 2. The molecule has 3 rings (SSSR count). The van der Waals surface area contributed by atoms with E-state index >= 15 is 0 Å². The van der Waals surface area contributed by atoms with Crippen LogP contribution in [0.2, 0.25) is 5.02 Å². The third-order valence-corrected chi connectivity index (χ3v) is 5.54. The van der Waals surface area contributed by atoms with Gasteiger partial charge in [-0.15, -0.1) is 6.58 Å². The van der Waals surface area contributed by atoms with Crippen LogP contribution in [0.5, 0.6) is 5.75 Å². The Kier molecular flexibility index (Phi) is 6.83. The molecule has 6 heteroatoms. The maximum absolute atomic E-state index is 13.0. The quantitative estimate of drug-likeness (QED) is 0.416. The number of benzene rings is 2. The van der Waals surface area contributed by atoms with Crippen molar-refractivity contribution in [1.29, 1.82) is 0 Å². The Balaban J connectivity index is 1.96. The molecule has 4 nitrogen and oxygen atoms in total. The van der Waals surface area contributed by atoms with Gasteiger partial charge in [-0.1, -0.05) is 55.4 Å². The zero-order valence-corrected chi connectivity index (χ0v) is 17.9. The van der Waals surface area contributed by atoms with Crippen LogP contribution in [-0.4, -0.2) is 29.9 Å². The van der Waals surface area contributed by atoms with Crippen molar-refractivity contribution in [3.05, 3.63) is 76.7 Å². The van der Waals surface area contributed by atoms with E-state index in [0.29, 0.717) is 33.6 Å². The van der Waals surface area contributed by atoms with E-state index in [1.807, 2.05) is 36.4 Å². The van der Waals surface area contributed by atoms with Crippen LogP contribution in [0.25, 0.3) is 5.57 Å². The second-order valence-electron chi connectivity index (χ2n) is 7.00. The summed E-state index contributed by atoms with van der Waals surface area (Å²) in [5, 5.41) is 0.614. The minimum Gasteiger partial charge on any atom is -0.493 e. The number of nitrogens with zero attached hydrogens (tertiary/aromatic N) is 1. The lowest BCUT2D eigenvalue weighted by atomic mass is 10.1. The molecule has 150 valence electrons. The molecule has 0 saturated heterocycles. The molecule has 2 aromatic rings. The van der Waals surface area contributed by atoms with Gasteiger partial charge >= 0.3 is 0 Å². The molecule has 2 amide bonds. The minimum absolute atomic E-state index is 0.168. The van der Waals surface area contributed by atoms with Gasteiger partial charge in [0.2, 0.25) is 0 Å². The first kappa shape index (κ1) is 21.2. The monoisotopic (exact) mass is 427 g/mol. The van der Waals surface area contributed by atoms with Gasteiger partial charge in [0.05, 0.1) is 17.1 Å². The lowest BCUT2D eigenvalue weighted by Gasteiger charge is -2.12. The van der Waals surface area contributed by atoms with E-state index in [9.17, 15) is 9.59 Å². The molecule has 0 fully saturated rings. The number of halogens is 1. The average molecular weight is 428 g/mol. The molecule has 0 aromatic heterocycles. The maximum Gasteiger partial charge on any atom is 0.268 e. The van der Waals surface area contributed by atoms with Gasteiger partial charge in [-0.25, -0.2) is 0 Å². The van der Waals surface area contributed by atoms with Gasteiger partial charge in [-0.3, -0.25) is 14.5 Å². The number of ether oxygens (including phenoxy) is 1. The highest BCUT2D eigenvalue weighted by molar-refractivity contribution is 8.04. The van der Waals surface area contributed by atoms with Crippen LogP contribution in [0.15, 0.2) is 71.0 Å². The fraction of sp³-hybridized carbons (Fsp3) is 0.217. The maximum atomic E-state index is 13.0.